The summed E-state index contributed by atoms with van der Waals surface area (Å²) >= 11 is 0. The van der Waals surface area contributed by atoms with Crippen LogP contribution in [0.1, 0.15) is 25.7 Å². The molecule has 2 saturated heterocycles. The summed E-state index contributed by atoms with van der Waals surface area (Å²) < 4.78 is 25.5. The van der Waals surface area contributed by atoms with Gasteiger partial charge in [-0.2, -0.15) is 4.31 Å². The SMILES string of the molecule is C=CCS(=O)(=O)N1C2CCC1CC(O)C2. The van der Waals surface area contributed by atoms with Crippen LogP contribution in [0, 0.1) is 0 Å². The van der Waals surface area contributed by atoms with Gasteiger partial charge in [0.25, 0.3) is 0 Å². The number of rotatable bonds is 3. The van der Waals surface area contributed by atoms with E-state index in [2.05, 4.69) is 6.58 Å². The summed E-state index contributed by atoms with van der Waals surface area (Å²) in [5.74, 6) is 0.0100. The van der Waals surface area contributed by atoms with Crippen LogP contribution < -0.4 is 0 Å². The van der Waals surface area contributed by atoms with E-state index >= 15 is 0 Å². The minimum absolute atomic E-state index is 0.0100. The summed E-state index contributed by atoms with van der Waals surface area (Å²) in [5.41, 5.74) is 0. The number of nitrogens with zero attached hydrogens (tertiary/aromatic N) is 1. The highest BCUT2D eigenvalue weighted by Gasteiger charge is 2.45. The van der Waals surface area contributed by atoms with Gasteiger partial charge in [-0.15, -0.1) is 6.58 Å². The number of aliphatic hydroxyl groups is 1. The van der Waals surface area contributed by atoms with Gasteiger partial charge in [-0.1, -0.05) is 6.08 Å². The summed E-state index contributed by atoms with van der Waals surface area (Å²) in [4.78, 5) is 0. The van der Waals surface area contributed by atoms with Crippen molar-refractivity contribution in [1.82, 2.24) is 4.31 Å². The van der Waals surface area contributed by atoms with Crippen LogP contribution in [0.25, 0.3) is 0 Å². The first-order chi connectivity index (χ1) is 7.04. The number of piperidine rings is 1. The van der Waals surface area contributed by atoms with E-state index in [-0.39, 0.29) is 23.9 Å². The molecule has 5 heteroatoms. The van der Waals surface area contributed by atoms with Crippen molar-refractivity contribution >= 4 is 10.0 Å². The van der Waals surface area contributed by atoms with Gasteiger partial charge < -0.3 is 5.11 Å². The molecule has 15 heavy (non-hydrogen) atoms. The molecule has 0 amide bonds. The molecule has 0 aromatic rings. The Kier molecular flexibility index (Phi) is 2.87. The van der Waals surface area contributed by atoms with Crippen LogP contribution in [0.5, 0.6) is 0 Å². The lowest BCUT2D eigenvalue weighted by Gasteiger charge is -2.35. The van der Waals surface area contributed by atoms with Crippen LogP contribution in [0.4, 0.5) is 0 Å². The third-order valence-electron chi connectivity index (χ3n) is 3.29. The predicted molar refractivity (Wildman–Crippen MR) is 57.9 cm³/mol. The zero-order chi connectivity index (χ0) is 11.1. The van der Waals surface area contributed by atoms with E-state index < -0.39 is 10.0 Å². The van der Waals surface area contributed by atoms with Gasteiger partial charge in [0.05, 0.1) is 11.9 Å². The van der Waals surface area contributed by atoms with Gasteiger partial charge in [0, 0.05) is 12.1 Å². The molecule has 2 rings (SSSR count). The topological polar surface area (TPSA) is 57.6 Å². The number of aliphatic hydroxyl groups excluding tert-OH is 1. The van der Waals surface area contributed by atoms with Gasteiger partial charge >= 0.3 is 0 Å². The standard InChI is InChI=1S/C10H17NO3S/c1-2-5-15(13,14)11-8-3-4-9(11)7-10(12)6-8/h2,8-10,12H,1,3-7H2. The van der Waals surface area contributed by atoms with Crippen molar-refractivity contribution in [3.63, 3.8) is 0 Å². The van der Waals surface area contributed by atoms with E-state index in [0.717, 1.165) is 12.8 Å². The summed E-state index contributed by atoms with van der Waals surface area (Å²) in [6.45, 7) is 3.47. The molecule has 0 aromatic carbocycles. The van der Waals surface area contributed by atoms with Gasteiger partial charge in [0.2, 0.25) is 10.0 Å². The monoisotopic (exact) mass is 231 g/mol. The van der Waals surface area contributed by atoms with E-state index in [1.807, 2.05) is 0 Å². The zero-order valence-corrected chi connectivity index (χ0v) is 9.49. The second-order valence-electron chi connectivity index (χ2n) is 4.41. The number of fused-ring (bicyclic) bond motifs is 2. The molecule has 0 spiro atoms. The van der Waals surface area contributed by atoms with Gasteiger partial charge in [-0.3, -0.25) is 0 Å². The third kappa shape index (κ3) is 1.96. The van der Waals surface area contributed by atoms with Crippen molar-refractivity contribution in [2.75, 3.05) is 5.75 Å². The van der Waals surface area contributed by atoms with Gasteiger partial charge in [-0.25, -0.2) is 8.42 Å². The van der Waals surface area contributed by atoms with E-state index in [9.17, 15) is 13.5 Å². The highest BCUT2D eigenvalue weighted by Crippen LogP contribution is 2.37. The molecule has 86 valence electrons. The largest absolute Gasteiger partial charge is 0.393 e. The van der Waals surface area contributed by atoms with Crippen molar-refractivity contribution in [2.24, 2.45) is 0 Å². The first-order valence-electron chi connectivity index (χ1n) is 5.35. The average Bonchev–Trinajstić information content (AvgIpc) is 2.40. The molecule has 2 bridgehead atoms. The first kappa shape index (κ1) is 11.1. The maximum Gasteiger partial charge on any atom is 0.218 e. The van der Waals surface area contributed by atoms with E-state index in [4.69, 9.17) is 0 Å². The maximum absolute atomic E-state index is 11.9. The Labute approximate surface area is 90.6 Å². The molecular weight excluding hydrogens is 214 g/mol. The van der Waals surface area contributed by atoms with Crippen LogP contribution in [0.3, 0.4) is 0 Å². The van der Waals surface area contributed by atoms with Crippen LogP contribution in [-0.4, -0.2) is 41.8 Å². The molecule has 2 heterocycles. The van der Waals surface area contributed by atoms with Crippen molar-refractivity contribution in [3.8, 4) is 0 Å². The summed E-state index contributed by atoms with van der Waals surface area (Å²) in [6.07, 6.45) is 4.06. The third-order valence-corrected chi connectivity index (χ3v) is 5.19. The van der Waals surface area contributed by atoms with E-state index in [1.54, 1.807) is 4.31 Å². The fourth-order valence-corrected chi connectivity index (χ4v) is 4.56. The smallest absolute Gasteiger partial charge is 0.218 e. The fourth-order valence-electron chi connectivity index (χ4n) is 2.79. The molecule has 2 atom stereocenters. The molecule has 2 aliphatic heterocycles. The Morgan fingerprint density at radius 1 is 1.33 bits per heavy atom. The van der Waals surface area contributed by atoms with Crippen LogP contribution >= 0.6 is 0 Å². The molecule has 0 radical (unpaired) electrons. The second kappa shape index (κ2) is 3.88. The Bertz CT molecular complexity index is 338. The molecule has 2 unspecified atom stereocenters. The van der Waals surface area contributed by atoms with E-state index in [0.29, 0.717) is 12.8 Å². The highest BCUT2D eigenvalue weighted by molar-refractivity contribution is 7.89. The second-order valence-corrected chi connectivity index (χ2v) is 6.33. The normalized spacial score (nSPS) is 36.7. The quantitative estimate of drug-likeness (QED) is 0.719. The fraction of sp³-hybridized carbons (Fsp3) is 0.800. The molecule has 2 fully saturated rings. The molecule has 1 N–H and O–H groups in total. The Morgan fingerprint density at radius 3 is 2.33 bits per heavy atom. The van der Waals surface area contributed by atoms with Gasteiger partial charge in [0.15, 0.2) is 0 Å². The molecule has 0 aliphatic carbocycles. The summed E-state index contributed by atoms with van der Waals surface area (Å²) in [5, 5.41) is 9.56. The van der Waals surface area contributed by atoms with Gasteiger partial charge in [0.1, 0.15) is 0 Å². The number of sulfonamides is 1. The van der Waals surface area contributed by atoms with Crippen molar-refractivity contribution in [3.05, 3.63) is 12.7 Å². The highest BCUT2D eigenvalue weighted by atomic mass is 32.2. The Morgan fingerprint density at radius 2 is 1.87 bits per heavy atom. The van der Waals surface area contributed by atoms with Crippen molar-refractivity contribution in [2.45, 2.75) is 43.9 Å². The predicted octanol–water partition coefficient (Wildman–Crippen LogP) is 0.490. The zero-order valence-electron chi connectivity index (χ0n) is 8.67. The minimum atomic E-state index is -3.19. The first-order valence-corrected chi connectivity index (χ1v) is 6.95. The average molecular weight is 231 g/mol. The number of hydrogen-bond acceptors (Lipinski definition) is 3. The lowest BCUT2D eigenvalue weighted by molar-refractivity contribution is 0.0770. The van der Waals surface area contributed by atoms with Gasteiger partial charge in [-0.05, 0) is 25.7 Å². The van der Waals surface area contributed by atoms with E-state index in [1.165, 1.54) is 6.08 Å². The molecule has 4 nitrogen and oxygen atoms in total. The van der Waals surface area contributed by atoms with Crippen LogP contribution in [0.2, 0.25) is 0 Å². The molecule has 0 aromatic heterocycles. The number of hydrogen-bond donors (Lipinski definition) is 1. The van der Waals surface area contributed by atoms with Crippen LogP contribution in [0.15, 0.2) is 12.7 Å². The van der Waals surface area contributed by atoms with Crippen molar-refractivity contribution in [1.29, 1.82) is 0 Å². The lowest BCUT2D eigenvalue weighted by atomic mass is 10.0. The molecular formula is C10H17NO3S. The molecule has 0 saturated carbocycles. The lowest BCUT2D eigenvalue weighted by Crippen LogP contribution is -2.48. The Hall–Kier alpha value is -0.390. The molecule has 2 aliphatic rings. The maximum atomic E-state index is 11.9. The minimum Gasteiger partial charge on any atom is -0.393 e. The van der Waals surface area contributed by atoms with Crippen molar-refractivity contribution < 1.29 is 13.5 Å². The summed E-state index contributed by atoms with van der Waals surface area (Å²) in [6, 6.07) is 0.0346. The Balaban J connectivity index is 2.21. The van der Waals surface area contributed by atoms with Crippen LogP contribution in [-0.2, 0) is 10.0 Å². The summed E-state index contributed by atoms with van der Waals surface area (Å²) in [7, 11) is -3.19.